The number of nitrogens with one attached hydrogen (secondary N) is 2. The van der Waals surface area contributed by atoms with Crippen LogP contribution in [-0.2, 0) is 9.53 Å². The molecule has 0 heterocycles. The maximum absolute atomic E-state index is 11.6. The van der Waals surface area contributed by atoms with Gasteiger partial charge < -0.3 is 20.1 Å². The van der Waals surface area contributed by atoms with Gasteiger partial charge in [-0.25, -0.2) is 0 Å². The van der Waals surface area contributed by atoms with Gasteiger partial charge in [0.05, 0.1) is 6.61 Å². The SMILES string of the molecule is CCNCCC(=O)Nc1cccc(OCCOC)c1. The van der Waals surface area contributed by atoms with Crippen LogP contribution in [0.5, 0.6) is 5.75 Å². The van der Waals surface area contributed by atoms with Crippen molar-refractivity contribution in [2.75, 3.05) is 38.7 Å². The first-order chi connectivity index (χ1) is 9.26. The number of carbonyl (C=O) groups excluding carboxylic acids is 1. The zero-order valence-electron chi connectivity index (χ0n) is 11.6. The molecule has 0 saturated carbocycles. The number of ether oxygens (including phenoxy) is 2. The van der Waals surface area contributed by atoms with Gasteiger partial charge in [0.1, 0.15) is 12.4 Å². The number of rotatable bonds is 9. The van der Waals surface area contributed by atoms with Gasteiger partial charge in [-0.15, -0.1) is 0 Å². The van der Waals surface area contributed by atoms with Crippen molar-refractivity contribution < 1.29 is 14.3 Å². The molecular weight excluding hydrogens is 244 g/mol. The van der Waals surface area contributed by atoms with Gasteiger partial charge in [0.15, 0.2) is 0 Å². The number of methoxy groups -OCH3 is 1. The molecule has 2 N–H and O–H groups in total. The predicted molar refractivity (Wildman–Crippen MR) is 75.6 cm³/mol. The van der Waals surface area contributed by atoms with Gasteiger partial charge in [0, 0.05) is 31.8 Å². The van der Waals surface area contributed by atoms with Crippen molar-refractivity contribution in [3.63, 3.8) is 0 Å². The van der Waals surface area contributed by atoms with E-state index >= 15 is 0 Å². The van der Waals surface area contributed by atoms with E-state index in [-0.39, 0.29) is 5.91 Å². The Bertz CT molecular complexity index is 383. The van der Waals surface area contributed by atoms with Gasteiger partial charge in [-0.3, -0.25) is 4.79 Å². The fourth-order valence-electron chi connectivity index (χ4n) is 1.51. The van der Waals surface area contributed by atoms with E-state index in [2.05, 4.69) is 10.6 Å². The number of amides is 1. The first-order valence-electron chi connectivity index (χ1n) is 6.48. The van der Waals surface area contributed by atoms with Gasteiger partial charge in [-0.2, -0.15) is 0 Å². The highest BCUT2D eigenvalue weighted by atomic mass is 16.5. The molecule has 1 amide bonds. The molecule has 0 aliphatic rings. The summed E-state index contributed by atoms with van der Waals surface area (Å²) in [5.74, 6) is 0.719. The summed E-state index contributed by atoms with van der Waals surface area (Å²) in [6.07, 6.45) is 0.461. The monoisotopic (exact) mass is 266 g/mol. The van der Waals surface area contributed by atoms with Gasteiger partial charge in [-0.05, 0) is 18.7 Å². The maximum Gasteiger partial charge on any atom is 0.225 e. The second-order valence-corrected chi connectivity index (χ2v) is 4.02. The Morgan fingerprint density at radius 2 is 2.16 bits per heavy atom. The number of anilines is 1. The topological polar surface area (TPSA) is 59.6 Å². The number of benzene rings is 1. The number of carbonyl (C=O) groups is 1. The Kier molecular flexibility index (Phi) is 7.62. The molecule has 0 saturated heterocycles. The zero-order chi connectivity index (χ0) is 13.9. The van der Waals surface area contributed by atoms with Crippen molar-refractivity contribution >= 4 is 11.6 Å². The van der Waals surface area contributed by atoms with Crippen molar-refractivity contribution in [3.8, 4) is 5.75 Å². The first kappa shape index (κ1) is 15.5. The molecule has 0 spiro atoms. The highest BCUT2D eigenvalue weighted by molar-refractivity contribution is 5.90. The lowest BCUT2D eigenvalue weighted by Crippen LogP contribution is -2.21. The third-order valence-electron chi connectivity index (χ3n) is 2.45. The van der Waals surface area contributed by atoms with Gasteiger partial charge in [0.25, 0.3) is 0 Å². The average molecular weight is 266 g/mol. The van der Waals surface area contributed by atoms with Crippen LogP contribution in [0.25, 0.3) is 0 Å². The van der Waals surface area contributed by atoms with Crippen molar-refractivity contribution in [3.05, 3.63) is 24.3 Å². The van der Waals surface area contributed by atoms with Crippen LogP contribution in [0.1, 0.15) is 13.3 Å². The second-order valence-electron chi connectivity index (χ2n) is 4.02. The summed E-state index contributed by atoms with van der Waals surface area (Å²) in [4.78, 5) is 11.6. The van der Waals surface area contributed by atoms with Gasteiger partial charge >= 0.3 is 0 Å². The summed E-state index contributed by atoms with van der Waals surface area (Å²) in [5.41, 5.74) is 0.747. The Morgan fingerprint density at radius 3 is 2.89 bits per heavy atom. The molecular formula is C14H22N2O3. The predicted octanol–water partition coefficient (Wildman–Crippen LogP) is 1.65. The van der Waals surface area contributed by atoms with Gasteiger partial charge in [-0.1, -0.05) is 13.0 Å². The van der Waals surface area contributed by atoms with Crippen LogP contribution in [0.2, 0.25) is 0 Å². The standard InChI is InChI=1S/C14H22N2O3/c1-3-15-8-7-14(17)16-12-5-4-6-13(11-12)19-10-9-18-2/h4-6,11,15H,3,7-10H2,1-2H3,(H,16,17). The van der Waals surface area contributed by atoms with Crippen LogP contribution in [0.15, 0.2) is 24.3 Å². The van der Waals surface area contributed by atoms with Crippen LogP contribution >= 0.6 is 0 Å². The smallest absolute Gasteiger partial charge is 0.225 e. The molecule has 1 aromatic rings. The largest absolute Gasteiger partial charge is 0.491 e. The second kappa shape index (κ2) is 9.35. The van der Waals surface area contributed by atoms with Crippen molar-refractivity contribution in [2.45, 2.75) is 13.3 Å². The van der Waals surface area contributed by atoms with E-state index in [1.54, 1.807) is 13.2 Å². The fraction of sp³-hybridized carbons (Fsp3) is 0.500. The molecule has 1 aromatic carbocycles. The zero-order valence-corrected chi connectivity index (χ0v) is 11.6. The molecule has 0 aromatic heterocycles. The molecule has 5 nitrogen and oxygen atoms in total. The minimum Gasteiger partial charge on any atom is -0.491 e. The Hall–Kier alpha value is -1.59. The van der Waals surface area contributed by atoms with Crippen LogP contribution in [0.3, 0.4) is 0 Å². The lowest BCUT2D eigenvalue weighted by atomic mass is 10.3. The Morgan fingerprint density at radius 1 is 1.32 bits per heavy atom. The van der Waals surface area contributed by atoms with E-state index in [9.17, 15) is 4.79 Å². The third-order valence-corrected chi connectivity index (χ3v) is 2.45. The van der Waals surface area contributed by atoms with E-state index in [1.165, 1.54) is 0 Å². The fourth-order valence-corrected chi connectivity index (χ4v) is 1.51. The average Bonchev–Trinajstić information content (AvgIpc) is 2.40. The summed E-state index contributed by atoms with van der Waals surface area (Å²) in [7, 11) is 1.63. The molecule has 0 fully saturated rings. The summed E-state index contributed by atoms with van der Waals surface area (Å²) >= 11 is 0. The Balaban J connectivity index is 2.40. The van der Waals surface area contributed by atoms with Crippen molar-refractivity contribution in [2.24, 2.45) is 0 Å². The molecule has 5 heteroatoms. The van der Waals surface area contributed by atoms with Crippen LogP contribution in [-0.4, -0.2) is 39.3 Å². The minimum atomic E-state index is -0.00464. The molecule has 0 radical (unpaired) electrons. The first-order valence-corrected chi connectivity index (χ1v) is 6.48. The maximum atomic E-state index is 11.6. The van der Waals surface area contributed by atoms with Crippen LogP contribution < -0.4 is 15.4 Å². The summed E-state index contributed by atoms with van der Waals surface area (Å²) in [5, 5.41) is 5.95. The van der Waals surface area contributed by atoms with Crippen LogP contribution in [0, 0.1) is 0 Å². The number of hydrogen-bond donors (Lipinski definition) is 2. The van der Waals surface area contributed by atoms with Gasteiger partial charge in [0.2, 0.25) is 5.91 Å². The quantitative estimate of drug-likeness (QED) is 0.667. The van der Waals surface area contributed by atoms with E-state index in [1.807, 2.05) is 25.1 Å². The highest BCUT2D eigenvalue weighted by Gasteiger charge is 2.03. The lowest BCUT2D eigenvalue weighted by Gasteiger charge is -2.09. The van der Waals surface area contributed by atoms with E-state index in [0.717, 1.165) is 18.0 Å². The molecule has 0 aliphatic heterocycles. The molecule has 0 aliphatic carbocycles. The lowest BCUT2D eigenvalue weighted by molar-refractivity contribution is -0.116. The van der Waals surface area contributed by atoms with E-state index in [0.29, 0.717) is 26.2 Å². The molecule has 106 valence electrons. The van der Waals surface area contributed by atoms with E-state index in [4.69, 9.17) is 9.47 Å². The third kappa shape index (κ3) is 6.79. The normalized spacial score (nSPS) is 10.2. The number of hydrogen-bond acceptors (Lipinski definition) is 4. The molecule has 0 atom stereocenters. The van der Waals surface area contributed by atoms with Crippen molar-refractivity contribution in [1.29, 1.82) is 0 Å². The van der Waals surface area contributed by atoms with Crippen molar-refractivity contribution in [1.82, 2.24) is 5.32 Å². The van der Waals surface area contributed by atoms with E-state index < -0.39 is 0 Å². The summed E-state index contributed by atoms with van der Waals surface area (Å²) < 4.78 is 10.4. The molecule has 1 rings (SSSR count). The summed E-state index contributed by atoms with van der Waals surface area (Å²) in [6.45, 7) is 4.61. The minimum absolute atomic E-state index is 0.00464. The molecule has 0 unspecified atom stereocenters. The Labute approximate surface area is 114 Å². The molecule has 19 heavy (non-hydrogen) atoms. The molecule has 0 bridgehead atoms. The summed E-state index contributed by atoms with van der Waals surface area (Å²) in [6, 6.07) is 7.35. The van der Waals surface area contributed by atoms with Crippen LogP contribution in [0.4, 0.5) is 5.69 Å². The highest BCUT2D eigenvalue weighted by Crippen LogP contribution is 2.17.